The molecule has 0 spiro atoms. The zero-order chi connectivity index (χ0) is 21.1. The summed E-state index contributed by atoms with van der Waals surface area (Å²) in [5.74, 6) is 1.30. The monoisotopic (exact) mass is 402 g/mol. The molecule has 0 radical (unpaired) electrons. The van der Waals surface area contributed by atoms with Gasteiger partial charge < -0.3 is 9.80 Å². The van der Waals surface area contributed by atoms with Gasteiger partial charge in [-0.3, -0.25) is 9.78 Å². The molecule has 5 heteroatoms. The second-order valence-electron chi connectivity index (χ2n) is 8.38. The van der Waals surface area contributed by atoms with Crippen LogP contribution in [0.3, 0.4) is 0 Å². The largest absolute Gasteiger partial charge is 0.353 e. The highest BCUT2D eigenvalue weighted by Crippen LogP contribution is 2.23. The fourth-order valence-corrected chi connectivity index (χ4v) is 4.52. The van der Waals surface area contributed by atoms with Crippen molar-refractivity contribution in [3.05, 3.63) is 65.5 Å². The minimum Gasteiger partial charge on any atom is -0.353 e. The number of carbonyl (C=O) groups excluding carboxylic acids is 1. The molecule has 1 atom stereocenters. The Morgan fingerprint density at radius 1 is 1.13 bits per heavy atom. The Labute approximate surface area is 178 Å². The third-order valence-corrected chi connectivity index (χ3v) is 6.01. The summed E-state index contributed by atoms with van der Waals surface area (Å²) in [4.78, 5) is 26.3. The summed E-state index contributed by atoms with van der Waals surface area (Å²) in [5, 5.41) is 1.19. The van der Waals surface area contributed by atoms with E-state index in [1.807, 2.05) is 29.4 Å². The number of amides is 1. The van der Waals surface area contributed by atoms with Gasteiger partial charge in [-0.05, 0) is 62.4 Å². The number of benzene rings is 1. The van der Waals surface area contributed by atoms with E-state index in [0.717, 1.165) is 43.8 Å². The number of piperazine rings is 1. The van der Waals surface area contributed by atoms with Gasteiger partial charge in [0.25, 0.3) is 0 Å². The van der Waals surface area contributed by atoms with Crippen LogP contribution in [0.5, 0.6) is 0 Å². The number of nitrogens with zero attached hydrogens (tertiary/aromatic N) is 4. The lowest BCUT2D eigenvalue weighted by Crippen LogP contribution is -2.54. The summed E-state index contributed by atoms with van der Waals surface area (Å²) < 4.78 is 0. The van der Waals surface area contributed by atoms with E-state index >= 15 is 0 Å². The molecule has 3 aromatic rings. The fraction of sp³-hybridized carbons (Fsp3) is 0.400. The summed E-state index contributed by atoms with van der Waals surface area (Å²) in [5.41, 5.74) is 4.67. The average Bonchev–Trinajstić information content (AvgIpc) is 2.74. The van der Waals surface area contributed by atoms with Crippen molar-refractivity contribution in [1.82, 2.24) is 14.9 Å². The lowest BCUT2D eigenvalue weighted by Gasteiger charge is -2.41. The van der Waals surface area contributed by atoms with Crippen LogP contribution in [0.2, 0.25) is 0 Å². The number of aromatic nitrogens is 2. The van der Waals surface area contributed by atoms with Crippen LogP contribution in [0.25, 0.3) is 10.9 Å². The second-order valence-corrected chi connectivity index (χ2v) is 8.38. The Balaban J connectivity index is 1.33. The highest BCUT2D eigenvalue weighted by atomic mass is 16.2. The number of fused-ring (bicyclic) bond motifs is 1. The summed E-state index contributed by atoms with van der Waals surface area (Å²) in [6.07, 6.45) is 6.09. The molecular formula is C25H30N4O. The van der Waals surface area contributed by atoms with Crippen LogP contribution in [0.15, 0.2) is 48.8 Å². The molecule has 0 aliphatic carbocycles. The molecule has 4 rings (SSSR count). The van der Waals surface area contributed by atoms with Crippen molar-refractivity contribution in [2.24, 2.45) is 0 Å². The summed E-state index contributed by atoms with van der Waals surface area (Å²) in [6, 6.07) is 12.7. The minimum absolute atomic E-state index is 0.190. The van der Waals surface area contributed by atoms with Gasteiger partial charge in [0.2, 0.25) is 5.91 Å². The molecule has 5 nitrogen and oxygen atoms in total. The van der Waals surface area contributed by atoms with Gasteiger partial charge in [0.15, 0.2) is 0 Å². The maximum absolute atomic E-state index is 12.9. The standard InChI is InChI=1S/C25H30N4O/c1-18-15-19(2)25(27-16-18)28-13-14-29(20(3)17-28)24(30)11-5-8-21-7-4-10-23-22(21)9-6-12-26-23/h4,6-7,9-10,12,15-16,20H,5,8,11,13-14,17H2,1-3H3/t20-/m0/s1. The van der Waals surface area contributed by atoms with Gasteiger partial charge in [-0.15, -0.1) is 0 Å². The SMILES string of the molecule is Cc1cnc(N2CCN(C(=O)CCCc3cccc4ncccc34)[C@@H](C)C2)c(C)c1. The Morgan fingerprint density at radius 2 is 2.00 bits per heavy atom. The highest BCUT2D eigenvalue weighted by molar-refractivity contribution is 5.82. The molecule has 1 aromatic carbocycles. The molecule has 3 heterocycles. The molecule has 1 amide bonds. The molecule has 1 aliphatic rings. The van der Waals surface area contributed by atoms with Crippen LogP contribution in [-0.2, 0) is 11.2 Å². The summed E-state index contributed by atoms with van der Waals surface area (Å²) in [7, 11) is 0. The zero-order valence-electron chi connectivity index (χ0n) is 18.1. The van der Waals surface area contributed by atoms with E-state index in [0.29, 0.717) is 6.42 Å². The normalized spacial score (nSPS) is 16.8. The van der Waals surface area contributed by atoms with Crippen LogP contribution in [0, 0.1) is 13.8 Å². The number of anilines is 1. The molecule has 2 aromatic heterocycles. The van der Waals surface area contributed by atoms with Gasteiger partial charge >= 0.3 is 0 Å². The van der Waals surface area contributed by atoms with Crippen molar-refractivity contribution in [1.29, 1.82) is 0 Å². The van der Waals surface area contributed by atoms with Crippen LogP contribution in [0.4, 0.5) is 5.82 Å². The van der Waals surface area contributed by atoms with E-state index < -0.39 is 0 Å². The van der Waals surface area contributed by atoms with E-state index in [2.05, 4.69) is 59.9 Å². The van der Waals surface area contributed by atoms with Crippen molar-refractivity contribution in [2.75, 3.05) is 24.5 Å². The third kappa shape index (κ3) is 4.30. The van der Waals surface area contributed by atoms with Crippen LogP contribution in [-0.4, -0.2) is 46.5 Å². The van der Waals surface area contributed by atoms with E-state index in [9.17, 15) is 4.79 Å². The third-order valence-electron chi connectivity index (χ3n) is 6.01. The first-order chi connectivity index (χ1) is 14.5. The maximum Gasteiger partial charge on any atom is 0.222 e. The Bertz CT molecular complexity index is 1040. The highest BCUT2D eigenvalue weighted by Gasteiger charge is 2.28. The number of hydrogen-bond donors (Lipinski definition) is 0. The predicted octanol–water partition coefficient (Wildman–Crippen LogP) is 4.31. The molecule has 0 unspecified atom stereocenters. The van der Waals surface area contributed by atoms with Crippen molar-refractivity contribution in [3.63, 3.8) is 0 Å². The molecule has 1 aliphatic heterocycles. The molecule has 0 N–H and O–H groups in total. The van der Waals surface area contributed by atoms with E-state index in [1.54, 1.807) is 0 Å². The minimum atomic E-state index is 0.190. The van der Waals surface area contributed by atoms with Crippen LogP contribution < -0.4 is 4.90 Å². The van der Waals surface area contributed by atoms with Crippen LogP contribution in [0.1, 0.15) is 36.5 Å². The smallest absolute Gasteiger partial charge is 0.222 e. The van der Waals surface area contributed by atoms with E-state index in [4.69, 9.17) is 0 Å². The first kappa shape index (κ1) is 20.3. The maximum atomic E-state index is 12.9. The van der Waals surface area contributed by atoms with Gasteiger partial charge in [-0.1, -0.05) is 24.3 Å². The number of hydrogen-bond acceptors (Lipinski definition) is 4. The Hall–Kier alpha value is -2.95. The van der Waals surface area contributed by atoms with Gasteiger partial charge in [0, 0.05) is 49.9 Å². The van der Waals surface area contributed by atoms with Gasteiger partial charge in [-0.25, -0.2) is 4.98 Å². The van der Waals surface area contributed by atoms with Crippen molar-refractivity contribution in [2.45, 2.75) is 46.1 Å². The zero-order valence-corrected chi connectivity index (χ0v) is 18.1. The average molecular weight is 403 g/mol. The molecule has 0 bridgehead atoms. The van der Waals surface area contributed by atoms with Crippen molar-refractivity contribution >= 4 is 22.6 Å². The van der Waals surface area contributed by atoms with Crippen molar-refractivity contribution < 1.29 is 4.79 Å². The van der Waals surface area contributed by atoms with Gasteiger partial charge in [0.05, 0.1) is 5.52 Å². The number of rotatable bonds is 5. The summed E-state index contributed by atoms with van der Waals surface area (Å²) in [6.45, 7) is 8.74. The molecule has 1 fully saturated rings. The first-order valence-corrected chi connectivity index (χ1v) is 10.8. The molecule has 0 saturated carbocycles. The predicted molar refractivity (Wildman–Crippen MR) is 122 cm³/mol. The molecule has 30 heavy (non-hydrogen) atoms. The number of aryl methyl sites for hydroxylation is 3. The van der Waals surface area contributed by atoms with E-state index in [-0.39, 0.29) is 11.9 Å². The van der Waals surface area contributed by atoms with Crippen molar-refractivity contribution in [3.8, 4) is 0 Å². The lowest BCUT2D eigenvalue weighted by molar-refractivity contribution is -0.133. The van der Waals surface area contributed by atoms with Gasteiger partial charge in [-0.2, -0.15) is 0 Å². The topological polar surface area (TPSA) is 49.3 Å². The van der Waals surface area contributed by atoms with Crippen LogP contribution >= 0.6 is 0 Å². The first-order valence-electron chi connectivity index (χ1n) is 10.8. The number of pyridine rings is 2. The fourth-order valence-electron chi connectivity index (χ4n) is 4.52. The Kier molecular flexibility index (Phi) is 5.98. The molecule has 1 saturated heterocycles. The summed E-state index contributed by atoms with van der Waals surface area (Å²) >= 11 is 0. The molecule has 156 valence electrons. The Morgan fingerprint density at radius 3 is 2.80 bits per heavy atom. The quantitative estimate of drug-likeness (QED) is 0.638. The lowest BCUT2D eigenvalue weighted by atomic mass is 10.0. The van der Waals surface area contributed by atoms with E-state index in [1.165, 1.54) is 22.1 Å². The molecular weight excluding hydrogens is 372 g/mol. The number of carbonyl (C=O) groups is 1. The second kappa shape index (κ2) is 8.82. The van der Waals surface area contributed by atoms with Gasteiger partial charge in [0.1, 0.15) is 5.82 Å².